The van der Waals surface area contributed by atoms with Crippen LogP contribution in [-0.2, 0) is 0 Å². The molecule has 1 amide bonds. The number of hydrogen-bond acceptors (Lipinski definition) is 2. The highest BCUT2D eigenvalue weighted by molar-refractivity contribution is 5.96. The normalized spacial score (nSPS) is 14.3. The summed E-state index contributed by atoms with van der Waals surface area (Å²) in [6, 6.07) is 13.8. The van der Waals surface area contributed by atoms with E-state index in [0.717, 1.165) is 13.0 Å². The zero-order valence-corrected chi connectivity index (χ0v) is 10.5. The molecule has 1 aliphatic rings. The summed E-state index contributed by atoms with van der Waals surface area (Å²) in [6.07, 6.45) is 6.13. The van der Waals surface area contributed by atoms with Crippen molar-refractivity contribution in [2.45, 2.75) is 6.42 Å². The molecule has 2 aromatic rings. The Bertz CT molecular complexity index is 605. The van der Waals surface area contributed by atoms with E-state index in [9.17, 15) is 4.79 Å². The quantitative estimate of drug-likeness (QED) is 0.821. The number of carbonyl (C=O) groups is 1. The van der Waals surface area contributed by atoms with Crippen molar-refractivity contribution in [2.75, 3.05) is 6.54 Å². The largest absolute Gasteiger partial charge is 0.314 e. The summed E-state index contributed by atoms with van der Waals surface area (Å²) in [5.41, 5.74) is 3.02. The van der Waals surface area contributed by atoms with Gasteiger partial charge in [0.2, 0.25) is 0 Å². The van der Waals surface area contributed by atoms with Crippen molar-refractivity contribution in [3.63, 3.8) is 0 Å². The van der Waals surface area contributed by atoms with Crippen molar-refractivity contribution in [3.05, 3.63) is 72.2 Å². The Balaban J connectivity index is 1.82. The van der Waals surface area contributed by atoms with Gasteiger partial charge in [0.15, 0.2) is 0 Å². The Kier molecular flexibility index (Phi) is 3.11. The average Bonchev–Trinajstić information content (AvgIpc) is 2.98. The minimum atomic E-state index is 0.0130. The average molecular weight is 250 g/mol. The Labute approximate surface area is 112 Å². The van der Waals surface area contributed by atoms with Gasteiger partial charge in [-0.2, -0.15) is 0 Å². The van der Waals surface area contributed by atoms with Crippen LogP contribution in [0.2, 0.25) is 0 Å². The van der Waals surface area contributed by atoms with E-state index in [2.05, 4.69) is 17.1 Å². The van der Waals surface area contributed by atoms with Crippen LogP contribution in [0.3, 0.4) is 0 Å². The molecule has 3 rings (SSSR count). The van der Waals surface area contributed by atoms with Crippen molar-refractivity contribution in [2.24, 2.45) is 0 Å². The summed E-state index contributed by atoms with van der Waals surface area (Å²) in [7, 11) is 0. The summed E-state index contributed by atoms with van der Waals surface area (Å²) in [6.45, 7) is 0.734. The molecule has 0 bridgehead atoms. The maximum Gasteiger partial charge on any atom is 0.259 e. The van der Waals surface area contributed by atoms with Gasteiger partial charge in [0.1, 0.15) is 0 Å². The van der Waals surface area contributed by atoms with Crippen LogP contribution in [0.4, 0.5) is 0 Å². The zero-order valence-electron chi connectivity index (χ0n) is 10.5. The van der Waals surface area contributed by atoms with Gasteiger partial charge in [-0.3, -0.25) is 9.78 Å². The fourth-order valence-corrected chi connectivity index (χ4v) is 2.24. The van der Waals surface area contributed by atoms with Gasteiger partial charge in [-0.25, -0.2) is 0 Å². The van der Waals surface area contributed by atoms with Crippen molar-refractivity contribution >= 4 is 11.5 Å². The number of nitrogens with zero attached hydrogens (tertiary/aromatic N) is 2. The smallest absolute Gasteiger partial charge is 0.259 e. The molecule has 0 fully saturated rings. The van der Waals surface area contributed by atoms with Crippen LogP contribution in [0.1, 0.15) is 22.3 Å². The number of aromatic nitrogens is 1. The SMILES string of the molecule is O=C(c1cccnc1)N1C=C(c2ccccc2)CC1. The molecule has 0 atom stereocenters. The molecule has 3 heteroatoms. The molecule has 0 saturated carbocycles. The van der Waals surface area contributed by atoms with E-state index in [1.54, 1.807) is 29.4 Å². The minimum absolute atomic E-state index is 0.0130. The standard InChI is InChI=1S/C16H14N2O/c19-16(14-7-4-9-17-11-14)18-10-8-15(12-18)13-5-2-1-3-6-13/h1-7,9,11-12H,8,10H2. The van der Waals surface area contributed by atoms with Crippen molar-refractivity contribution in [1.29, 1.82) is 0 Å². The lowest BCUT2D eigenvalue weighted by molar-refractivity contribution is 0.0832. The van der Waals surface area contributed by atoms with Gasteiger partial charge in [-0.15, -0.1) is 0 Å². The first-order valence-corrected chi connectivity index (χ1v) is 6.32. The molecule has 1 aromatic carbocycles. The maximum atomic E-state index is 12.3. The number of amides is 1. The van der Waals surface area contributed by atoms with Crippen LogP contribution in [0.15, 0.2) is 61.1 Å². The first-order chi connectivity index (χ1) is 9.34. The number of rotatable bonds is 2. The van der Waals surface area contributed by atoms with E-state index >= 15 is 0 Å². The molecule has 0 N–H and O–H groups in total. The summed E-state index contributed by atoms with van der Waals surface area (Å²) >= 11 is 0. The number of pyridine rings is 1. The Hall–Kier alpha value is -2.42. The van der Waals surface area contributed by atoms with E-state index < -0.39 is 0 Å². The molecular formula is C16H14N2O. The third kappa shape index (κ3) is 2.40. The molecule has 0 saturated heterocycles. The summed E-state index contributed by atoms with van der Waals surface area (Å²) in [4.78, 5) is 18.0. The third-order valence-electron chi connectivity index (χ3n) is 3.25. The molecule has 3 nitrogen and oxygen atoms in total. The number of carbonyl (C=O) groups excluding carboxylic acids is 1. The minimum Gasteiger partial charge on any atom is -0.314 e. The van der Waals surface area contributed by atoms with Gasteiger partial charge in [0.05, 0.1) is 5.56 Å². The molecule has 19 heavy (non-hydrogen) atoms. The summed E-state index contributed by atoms with van der Waals surface area (Å²) in [5.74, 6) is 0.0130. The van der Waals surface area contributed by atoms with Crippen LogP contribution in [0.5, 0.6) is 0 Å². The van der Waals surface area contributed by atoms with Gasteiger partial charge in [0, 0.05) is 25.1 Å². The molecule has 0 spiro atoms. The lowest BCUT2D eigenvalue weighted by Crippen LogP contribution is -2.23. The van der Waals surface area contributed by atoms with Gasteiger partial charge < -0.3 is 4.90 Å². The second-order valence-electron chi connectivity index (χ2n) is 4.51. The van der Waals surface area contributed by atoms with Crippen LogP contribution < -0.4 is 0 Å². The summed E-state index contributed by atoms with van der Waals surface area (Å²) in [5, 5.41) is 0. The highest BCUT2D eigenvalue weighted by atomic mass is 16.2. The van der Waals surface area contributed by atoms with E-state index in [0.29, 0.717) is 5.56 Å². The Morgan fingerprint density at radius 2 is 1.95 bits per heavy atom. The Morgan fingerprint density at radius 1 is 1.11 bits per heavy atom. The second-order valence-corrected chi connectivity index (χ2v) is 4.51. The lowest BCUT2D eigenvalue weighted by Gasteiger charge is -2.12. The molecule has 1 aromatic heterocycles. The number of benzene rings is 1. The predicted molar refractivity (Wildman–Crippen MR) is 74.3 cm³/mol. The van der Waals surface area contributed by atoms with E-state index in [-0.39, 0.29) is 5.91 Å². The first kappa shape index (κ1) is 11.7. The number of hydrogen-bond donors (Lipinski definition) is 0. The molecule has 2 heterocycles. The molecule has 94 valence electrons. The topological polar surface area (TPSA) is 33.2 Å². The molecule has 1 aliphatic heterocycles. The fourth-order valence-electron chi connectivity index (χ4n) is 2.24. The van der Waals surface area contributed by atoms with Gasteiger partial charge in [-0.05, 0) is 29.7 Å². The van der Waals surface area contributed by atoms with Crippen LogP contribution in [0, 0.1) is 0 Å². The third-order valence-corrected chi connectivity index (χ3v) is 3.25. The molecule has 0 radical (unpaired) electrons. The monoisotopic (exact) mass is 250 g/mol. The maximum absolute atomic E-state index is 12.3. The molecule has 0 unspecified atom stereocenters. The van der Waals surface area contributed by atoms with Gasteiger partial charge in [-0.1, -0.05) is 30.3 Å². The van der Waals surface area contributed by atoms with Crippen molar-refractivity contribution in [3.8, 4) is 0 Å². The predicted octanol–water partition coefficient (Wildman–Crippen LogP) is 2.97. The van der Waals surface area contributed by atoms with Crippen LogP contribution in [0.25, 0.3) is 5.57 Å². The molecule has 0 aliphatic carbocycles. The second kappa shape index (κ2) is 5.06. The van der Waals surface area contributed by atoms with E-state index in [1.807, 2.05) is 24.4 Å². The van der Waals surface area contributed by atoms with Crippen molar-refractivity contribution in [1.82, 2.24) is 9.88 Å². The van der Waals surface area contributed by atoms with Crippen LogP contribution >= 0.6 is 0 Å². The molecular weight excluding hydrogens is 236 g/mol. The first-order valence-electron chi connectivity index (χ1n) is 6.32. The fraction of sp³-hybridized carbons (Fsp3) is 0.125. The zero-order chi connectivity index (χ0) is 13.1. The summed E-state index contributed by atoms with van der Waals surface area (Å²) < 4.78 is 0. The Morgan fingerprint density at radius 3 is 2.68 bits per heavy atom. The highest BCUT2D eigenvalue weighted by Crippen LogP contribution is 2.25. The van der Waals surface area contributed by atoms with Crippen molar-refractivity contribution < 1.29 is 4.79 Å². The lowest BCUT2D eigenvalue weighted by atomic mass is 10.1. The van der Waals surface area contributed by atoms with Gasteiger partial charge >= 0.3 is 0 Å². The van der Waals surface area contributed by atoms with E-state index in [1.165, 1.54) is 11.1 Å². The van der Waals surface area contributed by atoms with E-state index in [4.69, 9.17) is 0 Å². The van der Waals surface area contributed by atoms with Crippen LogP contribution in [-0.4, -0.2) is 22.3 Å². The highest BCUT2D eigenvalue weighted by Gasteiger charge is 2.20. The van der Waals surface area contributed by atoms with Gasteiger partial charge in [0.25, 0.3) is 5.91 Å².